The zero-order valence-electron chi connectivity index (χ0n) is 16.6. The molecule has 7 heteroatoms. The van der Waals surface area contributed by atoms with Gasteiger partial charge in [-0.15, -0.1) is 0 Å². The van der Waals surface area contributed by atoms with Crippen LogP contribution in [0.15, 0.2) is 23.2 Å². The van der Waals surface area contributed by atoms with Crippen LogP contribution in [-0.4, -0.2) is 44.7 Å². The van der Waals surface area contributed by atoms with Crippen LogP contribution in [0.3, 0.4) is 0 Å². The van der Waals surface area contributed by atoms with E-state index >= 15 is 0 Å². The standard InChI is InChI=1S/C20H32N4O3/c1-4-21-20(22-13-12-19(25)23-15-8-6-7-9-15)24-16-10-11-17(27-5-2)18(14-16)26-3/h10-11,14-15H,4-9,12-13H2,1-3H3,(H,23,25)(H2,21,22,24). The van der Waals surface area contributed by atoms with Gasteiger partial charge in [-0.2, -0.15) is 0 Å². The minimum Gasteiger partial charge on any atom is -0.493 e. The van der Waals surface area contributed by atoms with E-state index in [-0.39, 0.29) is 5.91 Å². The SMILES string of the molecule is CCNC(=NCCC(=O)NC1CCCC1)Nc1ccc(OCC)c(OC)c1. The number of guanidine groups is 1. The van der Waals surface area contributed by atoms with E-state index < -0.39 is 0 Å². The van der Waals surface area contributed by atoms with Gasteiger partial charge in [0.2, 0.25) is 5.91 Å². The molecule has 1 fully saturated rings. The first-order chi connectivity index (χ1) is 13.2. The number of benzene rings is 1. The summed E-state index contributed by atoms with van der Waals surface area (Å²) >= 11 is 0. The van der Waals surface area contributed by atoms with Gasteiger partial charge >= 0.3 is 0 Å². The third-order valence-electron chi connectivity index (χ3n) is 4.40. The van der Waals surface area contributed by atoms with E-state index in [0.29, 0.717) is 43.1 Å². The molecule has 1 saturated carbocycles. The highest BCUT2D eigenvalue weighted by atomic mass is 16.5. The van der Waals surface area contributed by atoms with E-state index in [1.165, 1.54) is 12.8 Å². The van der Waals surface area contributed by atoms with Crippen molar-refractivity contribution in [1.82, 2.24) is 10.6 Å². The minimum absolute atomic E-state index is 0.0734. The Morgan fingerprint density at radius 2 is 2.00 bits per heavy atom. The summed E-state index contributed by atoms with van der Waals surface area (Å²) in [6.07, 6.45) is 5.00. The van der Waals surface area contributed by atoms with Crippen LogP contribution in [0.25, 0.3) is 0 Å². The number of hydrogen-bond donors (Lipinski definition) is 3. The van der Waals surface area contributed by atoms with E-state index in [2.05, 4.69) is 20.9 Å². The molecule has 2 rings (SSSR count). The lowest BCUT2D eigenvalue weighted by Gasteiger charge is -2.14. The fraction of sp³-hybridized carbons (Fsp3) is 0.600. The van der Waals surface area contributed by atoms with Gasteiger partial charge in [-0.3, -0.25) is 9.79 Å². The van der Waals surface area contributed by atoms with Crippen molar-refractivity contribution in [3.05, 3.63) is 18.2 Å². The van der Waals surface area contributed by atoms with Gasteiger partial charge in [-0.05, 0) is 38.8 Å². The van der Waals surface area contributed by atoms with Crippen LogP contribution in [-0.2, 0) is 4.79 Å². The number of amides is 1. The molecular weight excluding hydrogens is 344 g/mol. The molecule has 1 aliphatic carbocycles. The third kappa shape index (κ3) is 7.00. The number of nitrogens with zero attached hydrogens (tertiary/aromatic N) is 1. The van der Waals surface area contributed by atoms with Crippen LogP contribution in [0.2, 0.25) is 0 Å². The monoisotopic (exact) mass is 376 g/mol. The minimum atomic E-state index is 0.0734. The second-order valence-electron chi connectivity index (χ2n) is 6.48. The molecule has 7 nitrogen and oxygen atoms in total. The zero-order chi connectivity index (χ0) is 19.5. The average molecular weight is 377 g/mol. The normalized spacial score (nSPS) is 14.7. The number of carbonyl (C=O) groups is 1. The Kier molecular flexibility index (Phi) is 8.74. The summed E-state index contributed by atoms with van der Waals surface area (Å²) in [5.74, 6) is 2.08. The predicted molar refractivity (Wildman–Crippen MR) is 109 cm³/mol. The van der Waals surface area contributed by atoms with Gasteiger partial charge in [0.15, 0.2) is 17.5 Å². The summed E-state index contributed by atoms with van der Waals surface area (Å²) in [5.41, 5.74) is 0.838. The van der Waals surface area contributed by atoms with Crippen molar-refractivity contribution in [2.75, 3.05) is 32.1 Å². The number of ether oxygens (including phenoxy) is 2. The molecule has 3 N–H and O–H groups in total. The molecule has 0 bridgehead atoms. The predicted octanol–water partition coefficient (Wildman–Crippen LogP) is 2.92. The van der Waals surface area contributed by atoms with Crippen molar-refractivity contribution < 1.29 is 14.3 Å². The van der Waals surface area contributed by atoms with Gasteiger partial charge in [0.1, 0.15) is 0 Å². The Hall–Kier alpha value is -2.44. The molecule has 0 atom stereocenters. The first-order valence-corrected chi connectivity index (χ1v) is 9.81. The van der Waals surface area contributed by atoms with Crippen LogP contribution in [0.5, 0.6) is 11.5 Å². The van der Waals surface area contributed by atoms with Crippen LogP contribution < -0.4 is 25.4 Å². The van der Waals surface area contributed by atoms with E-state index in [1.54, 1.807) is 7.11 Å². The summed E-state index contributed by atoms with van der Waals surface area (Å²) < 4.78 is 10.9. The molecule has 0 unspecified atom stereocenters. The summed E-state index contributed by atoms with van der Waals surface area (Å²) in [6.45, 7) is 5.68. The van der Waals surface area contributed by atoms with Crippen molar-refractivity contribution in [1.29, 1.82) is 0 Å². The highest BCUT2D eigenvalue weighted by Gasteiger charge is 2.16. The number of hydrogen-bond acceptors (Lipinski definition) is 4. The van der Waals surface area contributed by atoms with Crippen molar-refractivity contribution >= 4 is 17.6 Å². The number of methoxy groups -OCH3 is 1. The highest BCUT2D eigenvalue weighted by Crippen LogP contribution is 2.30. The van der Waals surface area contributed by atoms with Gasteiger partial charge < -0.3 is 25.4 Å². The van der Waals surface area contributed by atoms with Crippen molar-refractivity contribution in [3.8, 4) is 11.5 Å². The molecule has 1 aromatic rings. The lowest BCUT2D eigenvalue weighted by Crippen LogP contribution is -2.34. The second kappa shape index (κ2) is 11.3. The molecule has 1 aromatic carbocycles. The molecule has 0 aromatic heterocycles. The Morgan fingerprint density at radius 1 is 1.22 bits per heavy atom. The van der Waals surface area contributed by atoms with Gasteiger partial charge in [0, 0.05) is 30.8 Å². The summed E-state index contributed by atoms with van der Waals surface area (Å²) in [5, 5.41) is 9.52. The molecule has 1 aliphatic rings. The fourth-order valence-electron chi connectivity index (χ4n) is 3.10. The van der Waals surface area contributed by atoms with Crippen molar-refractivity contribution in [2.24, 2.45) is 4.99 Å². The largest absolute Gasteiger partial charge is 0.493 e. The van der Waals surface area contributed by atoms with Crippen molar-refractivity contribution in [2.45, 2.75) is 52.0 Å². The Balaban J connectivity index is 1.91. The van der Waals surface area contributed by atoms with E-state index in [4.69, 9.17) is 9.47 Å². The number of carbonyl (C=O) groups excluding carboxylic acids is 1. The second-order valence-corrected chi connectivity index (χ2v) is 6.48. The number of aliphatic imine (C=N–C) groups is 1. The lowest BCUT2D eigenvalue weighted by atomic mass is 10.2. The highest BCUT2D eigenvalue weighted by molar-refractivity contribution is 5.94. The van der Waals surface area contributed by atoms with E-state index in [9.17, 15) is 4.79 Å². The summed E-state index contributed by atoms with van der Waals surface area (Å²) in [7, 11) is 1.61. The van der Waals surface area contributed by atoms with E-state index in [1.807, 2.05) is 32.0 Å². The maximum Gasteiger partial charge on any atom is 0.222 e. The molecule has 0 aliphatic heterocycles. The maximum atomic E-state index is 12.0. The maximum absolute atomic E-state index is 12.0. The first kappa shape index (κ1) is 20.9. The molecular formula is C20H32N4O3. The summed E-state index contributed by atoms with van der Waals surface area (Å²) in [6, 6.07) is 5.99. The molecule has 0 radical (unpaired) electrons. The zero-order valence-corrected chi connectivity index (χ0v) is 16.6. The van der Waals surface area contributed by atoms with Crippen LogP contribution in [0.4, 0.5) is 5.69 Å². The van der Waals surface area contributed by atoms with Gasteiger partial charge in [0.25, 0.3) is 0 Å². The molecule has 150 valence electrons. The van der Waals surface area contributed by atoms with Crippen LogP contribution in [0, 0.1) is 0 Å². The van der Waals surface area contributed by atoms with Gasteiger partial charge in [0.05, 0.1) is 20.3 Å². The number of rotatable bonds is 9. The lowest BCUT2D eigenvalue weighted by molar-refractivity contribution is -0.121. The molecule has 0 heterocycles. The number of nitrogens with one attached hydrogen (secondary N) is 3. The molecule has 0 spiro atoms. The first-order valence-electron chi connectivity index (χ1n) is 9.81. The quantitative estimate of drug-likeness (QED) is 0.456. The number of anilines is 1. The summed E-state index contributed by atoms with van der Waals surface area (Å²) in [4.78, 5) is 16.5. The van der Waals surface area contributed by atoms with Crippen LogP contribution >= 0.6 is 0 Å². The fourth-order valence-corrected chi connectivity index (χ4v) is 3.10. The molecule has 0 saturated heterocycles. The average Bonchev–Trinajstić information content (AvgIpc) is 3.16. The Bertz CT molecular complexity index is 628. The Morgan fingerprint density at radius 3 is 2.67 bits per heavy atom. The van der Waals surface area contributed by atoms with E-state index in [0.717, 1.165) is 25.1 Å². The van der Waals surface area contributed by atoms with Crippen LogP contribution in [0.1, 0.15) is 46.0 Å². The van der Waals surface area contributed by atoms with Gasteiger partial charge in [-0.1, -0.05) is 12.8 Å². The topological polar surface area (TPSA) is 84.0 Å². The molecule has 1 amide bonds. The Labute approximate surface area is 161 Å². The van der Waals surface area contributed by atoms with Crippen molar-refractivity contribution in [3.63, 3.8) is 0 Å². The third-order valence-corrected chi connectivity index (χ3v) is 4.40. The van der Waals surface area contributed by atoms with Gasteiger partial charge in [-0.25, -0.2) is 0 Å². The smallest absolute Gasteiger partial charge is 0.222 e. The molecule has 27 heavy (non-hydrogen) atoms.